The Morgan fingerprint density at radius 1 is 1.03 bits per heavy atom. The number of primary amides is 1. The maximum atomic E-state index is 12.8. The predicted octanol–water partition coefficient (Wildman–Crippen LogP) is -3.77. The lowest BCUT2D eigenvalue weighted by Gasteiger charge is -2.24. The lowest BCUT2D eigenvalue weighted by molar-refractivity contribution is -0.138. The van der Waals surface area contributed by atoms with E-state index in [1.807, 2.05) is 0 Å². The van der Waals surface area contributed by atoms with Crippen molar-refractivity contribution in [3.8, 4) is 0 Å². The number of hydrogen-bond donors (Lipinski definition) is 8. The van der Waals surface area contributed by atoms with Crippen molar-refractivity contribution in [1.82, 2.24) is 21.3 Å². The van der Waals surface area contributed by atoms with E-state index in [4.69, 9.17) is 22.3 Å². The minimum atomic E-state index is -1.25. The van der Waals surface area contributed by atoms with Crippen molar-refractivity contribution >= 4 is 35.6 Å². The van der Waals surface area contributed by atoms with E-state index in [2.05, 4.69) is 26.3 Å². The lowest BCUT2D eigenvalue weighted by Crippen LogP contribution is -2.56. The van der Waals surface area contributed by atoms with Gasteiger partial charge in [-0.3, -0.25) is 29.0 Å². The van der Waals surface area contributed by atoms with Gasteiger partial charge in [-0.25, -0.2) is 0 Å². The summed E-state index contributed by atoms with van der Waals surface area (Å²) < 4.78 is 0. The molecule has 11 N–H and O–H groups in total. The van der Waals surface area contributed by atoms with Gasteiger partial charge in [-0.15, -0.1) is 0 Å². The zero-order valence-corrected chi connectivity index (χ0v) is 17.8. The van der Waals surface area contributed by atoms with Crippen LogP contribution in [0.25, 0.3) is 0 Å². The molecule has 0 aromatic rings. The van der Waals surface area contributed by atoms with Crippen LogP contribution >= 0.6 is 0 Å². The number of nitrogens with zero attached hydrogens (tertiary/aromatic N) is 1. The fourth-order valence-corrected chi connectivity index (χ4v) is 3.07. The Morgan fingerprint density at radius 2 is 1.72 bits per heavy atom. The number of nitrogens with one attached hydrogen (secondary N) is 4. The Bertz CT molecular complexity index is 718. The van der Waals surface area contributed by atoms with Gasteiger partial charge in [-0.1, -0.05) is 0 Å². The monoisotopic (exact) mass is 456 g/mol. The summed E-state index contributed by atoms with van der Waals surface area (Å²) in [5, 5.41) is 19.1. The van der Waals surface area contributed by atoms with Gasteiger partial charge in [0.05, 0.1) is 6.04 Å². The normalized spacial score (nSPS) is 16.9. The first-order chi connectivity index (χ1) is 15.1. The molecule has 1 aliphatic rings. The summed E-state index contributed by atoms with van der Waals surface area (Å²) in [7, 11) is 0. The van der Waals surface area contributed by atoms with E-state index in [-0.39, 0.29) is 31.8 Å². The summed E-state index contributed by atoms with van der Waals surface area (Å²) in [6, 6.07) is -2.66. The number of carbonyl (C=O) groups excluding carboxylic acids is 4. The number of amides is 4. The van der Waals surface area contributed by atoms with Crippen LogP contribution in [-0.2, 0) is 24.0 Å². The van der Waals surface area contributed by atoms with E-state index in [0.29, 0.717) is 19.4 Å². The van der Waals surface area contributed by atoms with Crippen LogP contribution in [0.15, 0.2) is 4.99 Å². The highest BCUT2D eigenvalue weighted by Gasteiger charge is 2.30. The Kier molecular flexibility index (Phi) is 11.5. The summed E-state index contributed by atoms with van der Waals surface area (Å²) in [6.07, 6.45) is 1.63. The zero-order valence-electron chi connectivity index (χ0n) is 17.8. The first kappa shape index (κ1) is 26.6. The number of nitrogens with two attached hydrogens (primary N) is 3. The zero-order chi connectivity index (χ0) is 24.1. The Labute approximate surface area is 185 Å². The van der Waals surface area contributed by atoms with E-state index in [1.165, 1.54) is 0 Å². The van der Waals surface area contributed by atoms with Crippen LogP contribution in [0.5, 0.6) is 0 Å². The second-order valence-corrected chi connectivity index (χ2v) is 7.34. The molecule has 32 heavy (non-hydrogen) atoms. The van der Waals surface area contributed by atoms with Gasteiger partial charge in [0.2, 0.25) is 23.6 Å². The Hall–Kier alpha value is -3.42. The maximum Gasteiger partial charge on any atom is 0.322 e. The van der Waals surface area contributed by atoms with Crippen LogP contribution < -0.4 is 38.5 Å². The number of guanidine groups is 1. The van der Waals surface area contributed by atoms with Gasteiger partial charge in [-0.2, -0.15) is 0 Å². The Balaban J connectivity index is 2.84. The summed E-state index contributed by atoms with van der Waals surface area (Å²) in [4.78, 5) is 63.4. The van der Waals surface area contributed by atoms with Crippen molar-refractivity contribution in [2.75, 3.05) is 19.6 Å². The van der Waals surface area contributed by atoms with Crippen LogP contribution in [0, 0.1) is 0 Å². The molecule has 0 aliphatic carbocycles. The standard InChI is InChI=1S/C18H32N8O6/c19-13(27)6-5-12(26-16(31)10-3-1-7-22-10)17(32)25-11(4-2-8-23-18(20)21)15(30)24-9-14(28)29/h10-12,22H,1-9H2,(H2,19,27)(H,24,30)(H,25,32)(H,26,31)(H,28,29)(H4,20,21,23). The molecule has 14 nitrogen and oxygen atoms in total. The number of rotatable bonds is 14. The molecule has 0 aromatic carbocycles. The van der Waals surface area contributed by atoms with E-state index < -0.39 is 54.3 Å². The Morgan fingerprint density at radius 3 is 2.28 bits per heavy atom. The molecule has 1 rings (SSSR count). The molecule has 0 bridgehead atoms. The van der Waals surface area contributed by atoms with Crippen molar-refractivity contribution in [3.63, 3.8) is 0 Å². The van der Waals surface area contributed by atoms with Gasteiger partial charge < -0.3 is 43.6 Å². The number of carboxylic acid groups (broad SMARTS) is 1. The second kappa shape index (κ2) is 13.8. The topological polar surface area (TPSA) is 244 Å². The number of carboxylic acids is 1. The molecule has 4 amide bonds. The van der Waals surface area contributed by atoms with Gasteiger partial charge in [0, 0.05) is 13.0 Å². The molecule has 14 heteroatoms. The van der Waals surface area contributed by atoms with Gasteiger partial charge >= 0.3 is 5.97 Å². The van der Waals surface area contributed by atoms with Crippen molar-refractivity contribution in [3.05, 3.63) is 0 Å². The average Bonchev–Trinajstić information content (AvgIpc) is 3.25. The number of carbonyl (C=O) groups is 5. The van der Waals surface area contributed by atoms with Gasteiger partial charge in [0.25, 0.3) is 0 Å². The summed E-state index contributed by atoms with van der Waals surface area (Å²) in [5.74, 6) is -3.84. The fourth-order valence-electron chi connectivity index (χ4n) is 3.07. The van der Waals surface area contributed by atoms with Crippen molar-refractivity contribution in [1.29, 1.82) is 0 Å². The highest BCUT2D eigenvalue weighted by Crippen LogP contribution is 2.07. The van der Waals surface area contributed by atoms with Crippen LogP contribution in [0.3, 0.4) is 0 Å². The van der Waals surface area contributed by atoms with Crippen LogP contribution in [-0.4, -0.2) is 78.4 Å². The molecule has 0 spiro atoms. The summed E-state index contributed by atoms with van der Waals surface area (Å²) in [6.45, 7) is 0.238. The highest BCUT2D eigenvalue weighted by atomic mass is 16.4. The maximum absolute atomic E-state index is 12.8. The molecule has 0 radical (unpaired) electrons. The lowest BCUT2D eigenvalue weighted by atomic mass is 10.1. The summed E-state index contributed by atoms with van der Waals surface area (Å²) >= 11 is 0. The number of aliphatic carboxylic acids is 1. The second-order valence-electron chi connectivity index (χ2n) is 7.34. The molecule has 180 valence electrons. The number of aliphatic imine (C=N–C) groups is 1. The van der Waals surface area contributed by atoms with Crippen molar-refractivity contribution in [2.24, 2.45) is 22.2 Å². The molecule has 1 saturated heterocycles. The molecular formula is C18H32N8O6. The third kappa shape index (κ3) is 10.6. The number of hydrogen-bond acceptors (Lipinski definition) is 7. The largest absolute Gasteiger partial charge is 0.480 e. The molecule has 0 aromatic heterocycles. The average molecular weight is 457 g/mol. The van der Waals surface area contributed by atoms with E-state index in [1.54, 1.807) is 0 Å². The van der Waals surface area contributed by atoms with Crippen molar-refractivity contribution < 1.29 is 29.1 Å². The van der Waals surface area contributed by atoms with Crippen molar-refractivity contribution in [2.45, 2.75) is 56.7 Å². The molecule has 0 saturated carbocycles. The highest BCUT2D eigenvalue weighted by molar-refractivity contribution is 5.94. The third-order valence-corrected chi connectivity index (χ3v) is 4.68. The first-order valence-corrected chi connectivity index (χ1v) is 10.3. The van der Waals surface area contributed by atoms with E-state index in [0.717, 1.165) is 6.42 Å². The molecule has 1 fully saturated rings. The third-order valence-electron chi connectivity index (χ3n) is 4.68. The SMILES string of the molecule is NC(=O)CCC(NC(=O)C1CCCN1)C(=O)NC(CCCN=C(N)N)C(=O)NCC(=O)O. The molecule has 1 heterocycles. The fraction of sp³-hybridized carbons (Fsp3) is 0.667. The van der Waals surface area contributed by atoms with E-state index >= 15 is 0 Å². The molecule has 1 aliphatic heterocycles. The minimum absolute atomic E-state index is 0.0584. The van der Waals surface area contributed by atoms with Crippen LogP contribution in [0.2, 0.25) is 0 Å². The molecule has 3 unspecified atom stereocenters. The van der Waals surface area contributed by atoms with Gasteiger partial charge in [0.1, 0.15) is 18.6 Å². The smallest absolute Gasteiger partial charge is 0.322 e. The van der Waals surface area contributed by atoms with Crippen LogP contribution in [0.4, 0.5) is 0 Å². The van der Waals surface area contributed by atoms with E-state index in [9.17, 15) is 24.0 Å². The molecular weight excluding hydrogens is 424 g/mol. The molecule has 3 atom stereocenters. The van der Waals surface area contributed by atoms with Gasteiger partial charge in [-0.05, 0) is 38.6 Å². The summed E-state index contributed by atoms with van der Waals surface area (Å²) in [5.41, 5.74) is 15.7. The predicted molar refractivity (Wildman–Crippen MR) is 114 cm³/mol. The quantitative estimate of drug-likeness (QED) is 0.0725. The van der Waals surface area contributed by atoms with Crippen LogP contribution in [0.1, 0.15) is 38.5 Å². The van der Waals surface area contributed by atoms with Gasteiger partial charge in [0.15, 0.2) is 5.96 Å². The minimum Gasteiger partial charge on any atom is -0.480 e. The first-order valence-electron chi connectivity index (χ1n) is 10.3.